The smallest absolute Gasteiger partial charge is 0.337 e. The monoisotopic (exact) mass is 451 g/mol. The highest BCUT2D eigenvalue weighted by Gasteiger charge is 2.15. The number of aromatic nitrogens is 5. The SMILES string of the molecule is COC(=O)c1cccc(Nc2ncnc(-n3c(NCc4ccccc4)nc4ccccc43)n2)c1. The Bertz CT molecular complexity index is 1450. The molecule has 2 heterocycles. The average molecular weight is 451 g/mol. The molecule has 34 heavy (non-hydrogen) atoms. The van der Waals surface area contributed by atoms with Gasteiger partial charge in [-0.05, 0) is 35.9 Å². The van der Waals surface area contributed by atoms with Crippen LogP contribution in [0.4, 0.5) is 17.6 Å². The number of carbonyl (C=O) groups excluding carboxylic acids is 1. The average Bonchev–Trinajstić information content (AvgIpc) is 3.26. The van der Waals surface area contributed by atoms with Gasteiger partial charge in [0, 0.05) is 12.2 Å². The van der Waals surface area contributed by atoms with Gasteiger partial charge in [0.2, 0.25) is 17.8 Å². The van der Waals surface area contributed by atoms with Crippen LogP contribution in [0.1, 0.15) is 15.9 Å². The number of ether oxygens (including phenoxy) is 1. The van der Waals surface area contributed by atoms with Crippen molar-refractivity contribution >= 4 is 34.6 Å². The maximum Gasteiger partial charge on any atom is 0.337 e. The molecule has 0 unspecified atom stereocenters. The van der Waals surface area contributed by atoms with Crippen LogP contribution in [0, 0.1) is 0 Å². The molecule has 0 saturated heterocycles. The number of para-hydroxylation sites is 2. The number of nitrogens with zero attached hydrogens (tertiary/aromatic N) is 5. The van der Waals surface area contributed by atoms with Crippen LogP contribution in [-0.4, -0.2) is 37.6 Å². The Labute approximate surface area is 195 Å². The van der Waals surface area contributed by atoms with Crippen molar-refractivity contribution in [2.24, 2.45) is 0 Å². The van der Waals surface area contributed by atoms with E-state index < -0.39 is 5.97 Å². The lowest BCUT2D eigenvalue weighted by Crippen LogP contribution is -2.10. The third kappa shape index (κ3) is 4.40. The minimum absolute atomic E-state index is 0.332. The predicted octanol–water partition coefficient (Wildman–Crippen LogP) is 4.35. The first kappa shape index (κ1) is 21.1. The first-order chi connectivity index (χ1) is 16.7. The molecule has 0 fully saturated rings. The Kier molecular flexibility index (Phi) is 5.81. The van der Waals surface area contributed by atoms with Gasteiger partial charge in [0.1, 0.15) is 6.33 Å². The molecule has 3 aromatic carbocycles. The molecule has 168 valence electrons. The number of esters is 1. The first-order valence-electron chi connectivity index (χ1n) is 10.6. The molecular weight excluding hydrogens is 430 g/mol. The number of hydrogen-bond acceptors (Lipinski definition) is 8. The van der Waals surface area contributed by atoms with Crippen molar-refractivity contribution in [3.8, 4) is 5.95 Å². The van der Waals surface area contributed by atoms with E-state index >= 15 is 0 Å². The van der Waals surface area contributed by atoms with Crippen LogP contribution >= 0.6 is 0 Å². The minimum Gasteiger partial charge on any atom is -0.465 e. The first-order valence-corrected chi connectivity index (χ1v) is 10.6. The summed E-state index contributed by atoms with van der Waals surface area (Å²) in [6.07, 6.45) is 1.44. The second-order valence-electron chi connectivity index (χ2n) is 7.41. The van der Waals surface area contributed by atoms with E-state index in [2.05, 4.69) is 25.6 Å². The quantitative estimate of drug-likeness (QED) is 0.352. The van der Waals surface area contributed by atoms with E-state index in [9.17, 15) is 4.79 Å². The van der Waals surface area contributed by atoms with E-state index in [1.807, 2.05) is 65.2 Å². The van der Waals surface area contributed by atoms with Crippen molar-refractivity contribution in [3.05, 3.63) is 96.3 Å². The van der Waals surface area contributed by atoms with Gasteiger partial charge in [0.15, 0.2) is 0 Å². The molecular formula is C25H21N7O2. The zero-order valence-electron chi connectivity index (χ0n) is 18.3. The molecule has 0 radical (unpaired) electrons. The summed E-state index contributed by atoms with van der Waals surface area (Å²) in [4.78, 5) is 29.8. The Balaban J connectivity index is 1.48. The highest BCUT2D eigenvalue weighted by atomic mass is 16.5. The highest BCUT2D eigenvalue weighted by Crippen LogP contribution is 2.24. The van der Waals surface area contributed by atoms with Crippen LogP contribution in [0.15, 0.2) is 85.2 Å². The topological polar surface area (TPSA) is 107 Å². The molecule has 2 aromatic heterocycles. The van der Waals surface area contributed by atoms with Gasteiger partial charge in [-0.15, -0.1) is 0 Å². The highest BCUT2D eigenvalue weighted by molar-refractivity contribution is 5.90. The van der Waals surface area contributed by atoms with E-state index in [-0.39, 0.29) is 0 Å². The van der Waals surface area contributed by atoms with Crippen LogP contribution < -0.4 is 10.6 Å². The van der Waals surface area contributed by atoms with Crippen LogP contribution in [0.3, 0.4) is 0 Å². The van der Waals surface area contributed by atoms with Gasteiger partial charge >= 0.3 is 5.97 Å². The lowest BCUT2D eigenvalue weighted by atomic mass is 10.2. The number of rotatable bonds is 7. The van der Waals surface area contributed by atoms with Crippen LogP contribution in [0.2, 0.25) is 0 Å². The zero-order chi connectivity index (χ0) is 23.3. The van der Waals surface area contributed by atoms with Gasteiger partial charge in [-0.25, -0.2) is 24.3 Å². The van der Waals surface area contributed by atoms with Gasteiger partial charge < -0.3 is 15.4 Å². The van der Waals surface area contributed by atoms with Crippen LogP contribution in [0.25, 0.3) is 17.0 Å². The summed E-state index contributed by atoms with van der Waals surface area (Å²) >= 11 is 0. The van der Waals surface area contributed by atoms with Crippen LogP contribution in [0.5, 0.6) is 0 Å². The third-order valence-electron chi connectivity index (χ3n) is 5.15. The molecule has 5 rings (SSSR count). The number of nitrogens with one attached hydrogen (secondary N) is 2. The molecule has 0 aliphatic rings. The molecule has 2 N–H and O–H groups in total. The molecule has 9 nitrogen and oxygen atoms in total. The molecule has 0 bridgehead atoms. The fourth-order valence-corrected chi connectivity index (χ4v) is 3.55. The summed E-state index contributed by atoms with van der Waals surface area (Å²) in [7, 11) is 1.35. The number of anilines is 3. The molecule has 5 aromatic rings. The maximum absolute atomic E-state index is 11.8. The normalized spacial score (nSPS) is 10.7. The molecule has 0 saturated carbocycles. The van der Waals surface area contributed by atoms with E-state index in [1.165, 1.54) is 13.4 Å². The van der Waals surface area contributed by atoms with Crippen molar-refractivity contribution in [1.82, 2.24) is 24.5 Å². The van der Waals surface area contributed by atoms with Gasteiger partial charge in [0.25, 0.3) is 0 Å². The van der Waals surface area contributed by atoms with Crippen molar-refractivity contribution in [3.63, 3.8) is 0 Å². The Morgan fingerprint density at radius 3 is 2.62 bits per heavy atom. The summed E-state index contributed by atoms with van der Waals surface area (Å²) in [6, 6.07) is 24.8. The van der Waals surface area contributed by atoms with E-state index in [0.29, 0.717) is 35.6 Å². The maximum atomic E-state index is 11.8. The lowest BCUT2D eigenvalue weighted by molar-refractivity contribution is 0.0601. The van der Waals surface area contributed by atoms with Gasteiger partial charge in [-0.2, -0.15) is 4.98 Å². The van der Waals surface area contributed by atoms with E-state index in [0.717, 1.165) is 16.6 Å². The third-order valence-corrected chi connectivity index (χ3v) is 5.15. The number of imidazole rings is 1. The summed E-state index contributed by atoms with van der Waals surface area (Å²) < 4.78 is 6.65. The Morgan fingerprint density at radius 2 is 1.76 bits per heavy atom. The summed E-state index contributed by atoms with van der Waals surface area (Å²) in [5.74, 6) is 0.943. The number of hydrogen-bond donors (Lipinski definition) is 2. The molecule has 0 amide bonds. The number of methoxy groups -OCH3 is 1. The van der Waals surface area contributed by atoms with Gasteiger partial charge in [0.05, 0.1) is 23.7 Å². The summed E-state index contributed by atoms with van der Waals surface area (Å²) in [5.41, 5.74) is 3.89. The summed E-state index contributed by atoms with van der Waals surface area (Å²) in [5, 5.41) is 6.52. The zero-order valence-corrected chi connectivity index (χ0v) is 18.3. The minimum atomic E-state index is -0.418. The van der Waals surface area contributed by atoms with Gasteiger partial charge in [-0.1, -0.05) is 48.5 Å². The van der Waals surface area contributed by atoms with Crippen molar-refractivity contribution in [2.75, 3.05) is 17.7 Å². The molecule has 9 heteroatoms. The Hall–Kier alpha value is -4.79. The Morgan fingerprint density at radius 1 is 0.941 bits per heavy atom. The molecule has 0 aliphatic heterocycles. The molecule has 0 atom stereocenters. The number of fused-ring (bicyclic) bond motifs is 1. The number of carbonyl (C=O) groups is 1. The fraction of sp³-hybridized carbons (Fsp3) is 0.0800. The second-order valence-corrected chi connectivity index (χ2v) is 7.41. The van der Waals surface area contributed by atoms with E-state index in [1.54, 1.807) is 18.2 Å². The van der Waals surface area contributed by atoms with Gasteiger partial charge in [-0.3, -0.25) is 0 Å². The largest absolute Gasteiger partial charge is 0.465 e. The van der Waals surface area contributed by atoms with E-state index in [4.69, 9.17) is 9.72 Å². The standard InChI is InChI=1S/C25H21N7O2/c1-34-22(33)18-10-7-11-19(14-18)29-23-27-16-28-25(31-23)32-21-13-6-5-12-20(21)30-24(32)26-15-17-8-3-2-4-9-17/h2-14,16H,15H2,1H3,(H,26,30)(H,27,28,29,31). The molecule has 0 spiro atoms. The van der Waals surface area contributed by atoms with Crippen molar-refractivity contribution in [1.29, 1.82) is 0 Å². The second kappa shape index (κ2) is 9.37. The predicted molar refractivity (Wildman–Crippen MR) is 129 cm³/mol. The molecule has 0 aliphatic carbocycles. The fourth-order valence-electron chi connectivity index (χ4n) is 3.55. The van der Waals surface area contributed by atoms with Crippen LogP contribution in [-0.2, 0) is 11.3 Å². The van der Waals surface area contributed by atoms with Crippen molar-refractivity contribution < 1.29 is 9.53 Å². The number of benzene rings is 3. The lowest BCUT2D eigenvalue weighted by Gasteiger charge is -2.11. The summed E-state index contributed by atoms with van der Waals surface area (Å²) in [6.45, 7) is 0.598. The van der Waals surface area contributed by atoms with Crippen molar-refractivity contribution in [2.45, 2.75) is 6.54 Å².